The maximum atomic E-state index is 11.7. The molecular weight excluding hydrogens is 248 g/mol. The fraction of sp³-hybridized carbons (Fsp3) is 0.385. The van der Waals surface area contributed by atoms with Crippen LogP contribution in [0.15, 0.2) is 24.3 Å². The van der Waals surface area contributed by atoms with Crippen molar-refractivity contribution in [1.82, 2.24) is 10.6 Å². The number of carbonyl (C=O) groups excluding carboxylic acids is 1. The van der Waals surface area contributed by atoms with E-state index >= 15 is 0 Å². The van der Waals surface area contributed by atoms with Crippen molar-refractivity contribution in [2.24, 2.45) is 0 Å². The average Bonchev–Trinajstić information content (AvgIpc) is 2.71. The van der Waals surface area contributed by atoms with Crippen LogP contribution in [0.1, 0.15) is 24.9 Å². The van der Waals surface area contributed by atoms with Crippen LogP contribution < -0.4 is 15.4 Å². The van der Waals surface area contributed by atoms with Gasteiger partial charge in [0, 0.05) is 11.6 Å². The van der Waals surface area contributed by atoms with E-state index in [9.17, 15) is 9.59 Å². The summed E-state index contributed by atoms with van der Waals surface area (Å²) < 4.78 is 5.44. The third kappa shape index (κ3) is 3.37. The summed E-state index contributed by atoms with van der Waals surface area (Å²) in [7, 11) is 0. The SMILES string of the molecule is CC(CC(=O)O)NC(=O)NC1COc2ccccc21. The van der Waals surface area contributed by atoms with Crippen molar-refractivity contribution in [2.75, 3.05) is 6.61 Å². The van der Waals surface area contributed by atoms with E-state index in [0.29, 0.717) is 6.61 Å². The number of benzene rings is 1. The van der Waals surface area contributed by atoms with Crippen LogP contribution >= 0.6 is 0 Å². The number of ether oxygens (including phenoxy) is 1. The maximum Gasteiger partial charge on any atom is 0.315 e. The fourth-order valence-corrected chi connectivity index (χ4v) is 2.02. The maximum absolute atomic E-state index is 11.7. The smallest absolute Gasteiger partial charge is 0.315 e. The van der Waals surface area contributed by atoms with E-state index in [1.54, 1.807) is 6.92 Å². The summed E-state index contributed by atoms with van der Waals surface area (Å²) in [5.41, 5.74) is 0.934. The molecule has 2 rings (SSSR count). The highest BCUT2D eigenvalue weighted by atomic mass is 16.5. The second-order valence-corrected chi connectivity index (χ2v) is 4.52. The number of aliphatic carboxylic acids is 1. The quantitative estimate of drug-likeness (QED) is 0.764. The molecule has 0 saturated carbocycles. The number of urea groups is 1. The molecule has 1 heterocycles. The van der Waals surface area contributed by atoms with Gasteiger partial charge in [0.1, 0.15) is 12.4 Å². The number of hydrogen-bond acceptors (Lipinski definition) is 3. The van der Waals surface area contributed by atoms with Gasteiger partial charge in [-0.2, -0.15) is 0 Å². The first-order valence-corrected chi connectivity index (χ1v) is 6.07. The zero-order chi connectivity index (χ0) is 13.8. The normalized spacial score (nSPS) is 18.1. The number of carbonyl (C=O) groups is 2. The minimum Gasteiger partial charge on any atom is -0.491 e. The highest BCUT2D eigenvalue weighted by Gasteiger charge is 2.25. The van der Waals surface area contributed by atoms with Gasteiger partial charge in [0.25, 0.3) is 0 Å². The molecule has 6 heteroatoms. The minimum atomic E-state index is -0.942. The van der Waals surface area contributed by atoms with Gasteiger partial charge >= 0.3 is 12.0 Å². The van der Waals surface area contributed by atoms with Gasteiger partial charge in [0.05, 0.1) is 12.5 Å². The molecule has 1 aliphatic heterocycles. The number of carboxylic acid groups (broad SMARTS) is 1. The van der Waals surface area contributed by atoms with Crippen LogP contribution in [0.2, 0.25) is 0 Å². The lowest BCUT2D eigenvalue weighted by molar-refractivity contribution is -0.137. The highest BCUT2D eigenvalue weighted by Crippen LogP contribution is 2.31. The van der Waals surface area contributed by atoms with Gasteiger partial charge in [0.2, 0.25) is 0 Å². The van der Waals surface area contributed by atoms with E-state index in [4.69, 9.17) is 9.84 Å². The molecule has 102 valence electrons. The number of nitrogens with one attached hydrogen (secondary N) is 2. The molecule has 0 saturated heterocycles. The fourth-order valence-electron chi connectivity index (χ4n) is 2.02. The third-order valence-corrected chi connectivity index (χ3v) is 2.86. The molecule has 3 N–H and O–H groups in total. The molecule has 2 amide bonds. The first-order valence-electron chi connectivity index (χ1n) is 6.07. The molecule has 0 aromatic heterocycles. The molecule has 6 nitrogen and oxygen atoms in total. The molecule has 2 unspecified atom stereocenters. The topological polar surface area (TPSA) is 87.7 Å². The van der Waals surface area contributed by atoms with Gasteiger partial charge in [-0.15, -0.1) is 0 Å². The molecule has 1 aromatic rings. The number of amides is 2. The van der Waals surface area contributed by atoms with Crippen molar-refractivity contribution in [3.63, 3.8) is 0 Å². The molecule has 0 fully saturated rings. The van der Waals surface area contributed by atoms with Crippen LogP contribution in [0, 0.1) is 0 Å². The number of rotatable bonds is 4. The molecular formula is C13H16N2O4. The van der Waals surface area contributed by atoms with E-state index in [-0.39, 0.29) is 18.5 Å². The first kappa shape index (κ1) is 13.2. The van der Waals surface area contributed by atoms with Gasteiger partial charge in [-0.05, 0) is 13.0 Å². The third-order valence-electron chi connectivity index (χ3n) is 2.86. The van der Waals surface area contributed by atoms with E-state index in [1.807, 2.05) is 24.3 Å². The summed E-state index contributed by atoms with van der Waals surface area (Å²) in [4.78, 5) is 22.2. The van der Waals surface area contributed by atoms with Crippen LogP contribution in [-0.4, -0.2) is 29.8 Å². The summed E-state index contributed by atoms with van der Waals surface area (Å²) in [5, 5.41) is 14.0. The second-order valence-electron chi connectivity index (χ2n) is 4.52. The van der Waals surface area contributed by atoms with Gasteiger partial charge in [-0.25, -0.2) is 4.79 Å². The monoisotopic (exact) mass is 264 g/mol. The lowest BCUT2D eigenvalue weighted by Gasteiger charge is -2.16. The Morgan fingerprint density at radius 3 is 2.95 bits per heavy atom. The standard InChI is InChI=1S/C13H16N2O4/c1-8(6-12(16)17)14-13(18)15-10-7-19-11-5-3-2-4-9(10)11/h2-5,8,10H,6-7H2,1H3,(H,16,17)(H2,14,15,18). The molecule has 0 radical (unpaired) electrons. The Bertz CT molecular complexity index is 489. The Hall–Kier alpha value is -2.24. The molecule has 0 bridgehead atoms. The van der Waals surface area contributed by atoms with E-state index in [0.717, 1.165) is 11.3 Å². The van der Waals surface area contributed by atoms with Gasteiger partial charge < -0.3 is 20.5 Å². The summed E-state index contributed by atoms with van der Waals surface area (Å²) in [5.74, 6) is -0.172. The van der Waals surface area contributed by atoms with Crippen molar-refractivity contribution < 1.29 is 19.4 Å². The highest BCUT2D eigenvalue weighted by molar-refractivity contribution is 5.76. The number of carboxylic acids is 1. The predicted octanol–water partition coefficient (Wildman–Crippen LogP) is 1.28. The van der Waals surface area contributed by atoms with Crippen LogP contribution in [0.25, 0.3) is 0 Å². The Labute approximate surface area is 110 Å². The Morgan fingerprint density at radius 2 is 2.21 bits per heavy atom. The Morgan fingerprint density at radius 1 is 1.47 bits per heavy atom. The molecule has 19 heavy (non-hydrogen) atoms. The van der Waals surface area contributed by atoms with E-state index in [1.165, 1.54) is 0 Å². The molecule has 1 aromatic carbocycles. The van der Waals surface area contributed by atoms with Crippen molar-refractivity contribution in [1.29, 1.82) is 0 Å². The molecule has 2 atom stereocenters. The average molecular weight is 264 g/mol. The van der Waals surface area contributed by atoms with Gasteiger partial charge in [-0.1, -0.05) is 18.2 Å². The summed E-state index contributed by atoms with van der Waals surface area (Å²) >= 11 is 0. The number of hydrogen-bond donors (Lipinski definition) is 3. The first-order chi connectivity index (χ1) is 9.06. The summed E-state index contributed by atoms with van der Waals surface area (Å²) in [6.45, 7) is 2.03. The predicted molar refractivity (Wildman–Crippen MR) is 68.1 cm³/mol. The number of fused-ring (bicyclic) bond motifs is 1. The van der Waals surface area contributed by atoms with Crippen molar-refractivity contribution in [2.45, 2.75) is 25.4 Å². The van der Waals surface area contributed by atoms with Crippen molar-refractivity contribution in [3.8, 4) is 5.75 Å². The van der Waals surface area contributed by atoms with E-state index in [2.05, 4.69) is 10.6 Å². The van der Waals surface area contributed by atoms with Gasteiger partial charge in [0.15, 0.2) is 0 Å². The van der Waals surface area contributed by atoms with Crippen LogP contribution in [-0.2, 0) is 4.79 Å². The lowest BCUT2D eigenvalue weighted by atomic mass is 10.1. The lowest BCUT2D eigenvalue weighted by Crippen LogP contribution is -2.43. The minimum absolute atomic E-state index is 0.106. The molecule has 0 aliphatic carbocycles. The van der Waals surface area contributed by atoms with Crippen molar-refractivity contribution in [3.05, 3.63) is 29.8 Å². The Kier molecular flexibility index (Phi) is 3.89. The zero-order valence-electron chi connectivity index (χ0n) is 10.6. The molecule has 1 aliphatic rings. The largest absolute Gasteiger partial charge is 0.491 e. The van der Waals surface area contributed by atoms with Crippen LogP contribution in [0.4, 0.5) is 4.79 Å². The summed E-state index contributed by atoms with van der Waals surface area (Å²) in [6.07, 6.45) is -0.106. The van der Waals surface area contributed by atoms with Crippen molar-refractivity contribution >= 4 is 12.0 Å². The molecule has 0 spiro atoms. The van der Waals surface area contributed by atoms with E-state index < -0.39 is 12.0 Å². The van der Waals surface area contributed by atoms with Crippen LogP contribution in [0.3, 0.4) is 0 Å². The second kappa shape index (κ2) is 5.60. The van der Waals surface area contributed by atoms with Crippen LogP contribution in [0.5, 0.6) is 5.75 Å². The Balaban J connectivity index is 1.89. The summed E-state index contributed by atoms with van der Waals surface area (Å²) in [6, 6.07) is 6.49. The number of para-hydroxylation sites is 1. The zero-order valence-corrected chi connectivity index (χ0v) is 10.6. The van der Waals surface area contributed by atoms with Gasteiger partial charge in [-0.3, -0.25) is 4.79 Å².